The molecular weight excluding hydrogens is 288 g/mol. The van der Waals surface area contributed by atoms with Gasteiger partial charge in [-0.2, -0.15) is 0 Å². The van der Waals surface area contributed by atoms with Crippen LogP contribution in [0, 0.1) is 0 Å². The predicted molar refractivity (Wildman–Crippen MR) is 89.5 cm³/mol. The number of rotatable bonds is 8. The fourth-order valence-corrected chi connectivity index (χ4v) is 2.51. The Morgan fingerprint density at radius 3 is 2.00 bits per heavy atom. The van der Waals surface area contributed by atoms with E-state index in [0.29, 0.717) is 24.8 Å². The second-order valence-electron chi connectivity index (χ2n) is 5.45. The van der Waals surface area contributed by atoms with E-state index in [9.17, 15) is 14.4 Å². The van der Waals surface area contributed by atoms with Gasteiger partial charge in [-0.3, -0.25) is 14.4 Å². The highest BCUT2D eigenvalue weighted by atomic mass is 16.2. The van der Waals surface area contributed by atoms with Crippen LogP contribution in [0.1, 0.15) is 48.0 Å². The van der Waals surface area contributed by atoms with Gasteiger partial charge in [-0.25, -0.2) is 0 Å². The van der Waals surface area contributed by atoms with Gasteiger partial charge in [0.1, 0.15) is 5.78 Å². The van der Waals surface area contributed by atoms with Crippen LogP contribution in [0.5, 0.6) is 0 Å². The standard InChI is InChI=1S/C20H20O3/c1-2-17(21)13-14-18(15-9-5-3-6-10-15)20(23)19(22)16-11-7-4-8-12-16/h3-12,18H,2,13-14H2,1H3. The fourth-order valence-electron chi connectivity index (χ4n) is 2.51. The van der Waals surface area contributed by atoms with Crippen molar-refractivity contribution < 1.29 is 14.4 Å². The number of carbonyl (C=O) groups excluding carboxylic acids is 3. The molecule has 23 heavy (non-hydrogen) atoms. The minimum Gasteiger partial charge on any atom is -0.300 e. The van der Waals surface area contributed by atoms with Gasteiger partial charge in [0, 0.05) is 18.4 Å². The normalized spacial score (nSPS) is 11.7. The summed E-state index contributed by atoms with van der Waals surface area (Å²) in [7, 11) is 0. The molecule has 2 rings (SSSR count). The van der Waals surface area contributed by atoms with Crippen LogP contribution >= 0.6 is 0 Å². The number of hydrogen-bond donors (Lipinski definition) is 0. The summed E-state index contributed by atoms with van der Waals surface area (Å²) in [6.07, 6.45) is 1.13. The molecule has 0 bridgehead atoms. The SMILES string of the molecule is CCC(=O)CCC(C(=O)C(=O)c1ccccc1)c1ccccc1. The maximum absolute atomic E-state index is 12.7. The number of carbonyl (C=O) groups is 3. The quantitative estimate of drug-likeness (QED) is 0.547. The molecule has 0 spiro atoms. The van der Waals surface area contributed by atoms with E-state index in [4.69, 9.17) is 0 Å². The van der Waals surface area contributed by atoms with Crippen LogP contribution in [0.4, 0.5) is 0 Å². The van der Waals surface area contributed by atoms with Crippen LogP contribution in [0.2, 0.25) is 0 Å². The molecule has 0 radical (unpaired) electrons. The zero-order chi connectivity index (χ0) is 16.7. The van der Waals surface area contributed by atoms with Crippen LogP contribution in [-0.2, 0) is 9.59 Å². The van der Waals surface area contributed by atoms with Crippen LogP contribution in [0.15, 0.2) is 60.7 Å². The number of hydrogen-bond acceptors (Lipinski definition) is 3. The van der Waals surface area contributed by atoms with Gasteiger partial charge in [0.05, 0.1) is 5.92 Å². The summed E-state index contributed by atoms with van der Waals surface area (Å²) in [4.78, 5) is 36.7. The van der Waals surface area contributed by atoms with Crippen LogP contribution < -0.4 is 0 Å². The number of ketones is 3. The lowest BCUT2D eigenvalue weighted by molar-refractivity contribution is -0.119. The molecule has 1 unspecified atom stereocenters. The molecule has 0 heterocycles. The molecule has 0 aliphatic carbocycles. The minimum atomic E-state index is -0.570. The highest BCUT2D eigenvalue weighted by molar-refractivity contribution is 6.45. The van der Waals surface area contributed by atoms with Crippen molar-refractivity contribution in [1.29, 1.82) is 0 Å². The molecule has 3 heteroatoms. The van der Waals surface area contributed by atoms with Gasteiger partial charge >= 0.3 is 0 Å². The first-order valence-electron chi connectivity index (χ1n) is 7.83. The summed E-state index contributed by atoms with van der Waals surface area (Å²) in [5.74, 6) is -1.42. The van der Waals surface area contributed by atoms with Crippen LogP contribution in [0.25, 0.3) is 0 Å². The van der Waals surface area contributed by atoms with Gasteiger partial charge in [-0.1, -0.05) is 67.6 Å². The Morgan fingerprint density at radius 1 is 0.870 bits per heavy atom. The van der Waals surface area contributed by atoms with Gasteiger partial charge in [-0.05, 0) is 12.0 Å². The molecule has 3 nitrogen and oxygen atoms in total. The lowest BCUT2D eigenvalue weighted by atomic mass is 9.86. The molecule has 0 N–H and O–H groups in total. The van der Waals surface area contributed by atoms with Crippen LogP contribution in [0.3, 0.4) is 0 Å². The molecule has 0 saturated carbocycles. The monoisotopic (exact) mass is 308 g/mol. The van der Waals surface area contributed by atoms with E-state index in [2.05, 4.69) is 0 Å². The van der Waals surface area contributed by atoms with Crippen molar-refractivity contribution >= 4 is 17.3 Å². The largest absolute Gasteiger partial charge is 0.300 e. The average molecular weight is 308 g/mol. The van der Waals surface area contributed by atoms with E-state index in [1.807, 2.05) is 30.3 Å². The molecule has 1 atom stereocenters. The van der Waals surface area contributed by atoms with Gasteiger partial charge in [0.25, 0.3) is 0 Å². The Balaban J connectivity index is 2.24. The Morgan fingerprint density at radius 2 is 1.43 bits per heavy atom. The Kier molecular flexibility index (Phi) is 5.98. The van der Waals surface area contributed by atoms with Gasteiger partial charge < -0.3 is 0 Å². The minimum absolute atomic E-state index is 0.103. The molecule has 0 saturated heterocycles. The molecule has 0 fully saturated rings. The van der Waals surface area contributed by atoms with Crippen LogP contribution in [-0.4, -0.2) is 17.3 Å². The van der Waals surface area contributed by atoms with Gasteiger partial charge in [0.15, 0.2) is 0 Å². The third-order valence-electron chi connectivity index (χ3n) is 3.88. The van der Waals surface area contributed by atoms with Crippen molar-refractivity contribution in [3.63, 3.8) is 0 Å². The number of benzene rings is 2. The van der Waals surface area contributed by atoms with E-state index in [0.717, 1.165) is 5.56 Å². The Labute approximate surface area is 136 Å². The molecule has 2 aromatic carbocycles. The van der Waals surface area contributed by atoms with Crippen molar-refractivity contribution in [2.75, 3.05) is 0 Å². The summed E-state index contributed by atoms with van der Waals surface area (Å²) >= 11 is 0. The predicted octanol–water partition coefficient (Wildman–Crippen LogP) is 3.98. The molecular formula is C20H20O3. The third kappa shape index (κ3) is 4.46. The van der Waals surface area contributed by atoms with Crippen molar-refractivity contribution in [2.24, 2.45) is 0 Å². The fraction of sp³-hybridized carbons (Fsp3) is 0.250. The smallest absolute Gasteiger partial charge is 0.229 e. The highest BCUT2D eigenvalue weighted by Gasteiger charge is 2.27. The summed E-state index contributed by atoms with van der Waals surface area (Å²) in [5.41, 5.74) is 1.17. The van der Waals surface area contributed by atoms with Crippen molar-refractivity contribution in [3.05, 3.63) is 71.8 Å². The highest BCUT2D eigenvalue weighted by Crippen LogP contribution is 2.24. The van der Waals surface area contributed by atoms with E-state index >= 15 is 0 Å². The summed E-state index contributed by atoms with van der Waals surface area (Å²) in [6.45, 7) is 1.80. The van der Waals surface area contributed by atoms with Gasteiger partial charge in [-0.15, -0.1) is 0 Å². The molecule has 0 aliphatic heterocycles. The van der Waals surface area contributed by atoms with Gasteiger partial charge in [0.2, 0.25) is 11.6 Å². The lowest BCUT2D eigenvalue weighted by Gasteiger charge is -2.15. The lowest BCUT2D eigenvalue weighted by Crippen LogP contribution is -2.23. The summed E-state index contributed by atoms with van der Waals surface area (Å²) in [5, 5.41) is 0. The van der Waals surface area contributed by atoms with E-state index < -0.39 is 17.5 Å². The Hall–Kier alpha value is -2.55. The first-order valence-corrected chi connectivity index (χ1v) is 7.83. The Bertz CT molecular complexity index is 675. The third-order valence-corrected chi connectivity index (χ3v) is 3.88. The second kappa shape index (κ2) is 8.18. The summed E-state index contributed by atoms with van der Waals surface area (Å²) in [6, 6.07) is 17.7. The molecule has 0 amide bonds. The van der Waals surface area contributed by atoms with E-state index in [1.165, 1.54) is 0 Å². The maximum Gasteiger partial charge on any atom is 0.229 e. The van der Waals surface area contributed by atoms with E-state index in [1.54, 1.807) is 37.3 Å². The maximum atomic E-state index is 12.7. The van der Waals surface area contributed by atoms with E-state index in [-0.39, 0.29) is 5.78 Å². The number of Topliss-reactive ketones (excluding diaryl/α,β-unsaturated/α-hetero) is 3. The summed E-state index contributed by atoms with van der Waals surface area (Å²) < 4.78 is 0. The second-order valence-corrected chi connectivity index (χ2v) is 5.45. The first-order chi connectivity index (χ1) is 11.1. The zero-order valence-corrected chi connectivity index (χ0v) is 13.2. The molecule has 2 aromatic rings. The average Bonchev–Trinajstić information content (AvgIpc) is 2.62. The first kappa shape index (κ1) is 16.8. The van der Waals surface area contributed by atoms with Crippen molar-refractivity contribution in [1.82, 2.24) is 0 Å². The zero-order valence-electron chi connectivity index (χ0n) is 13.2. The van der Waals surface area contributed by atoms with Crippen molar-refractivity contribution in [3.8, 4) is 0 Å². The van der Waals surface area contributed by atoms with Crippen molar-refractivity contribution in [2.45, 2.75) is 32.1 Å². The molecule has 118 valence electrons. The molecule has 0 aliphatic rings. The molecule has 0 aromatic heterocycles. The topological polar surface area (TPSA) is 51.2 Å².